The summed E-state index contributed by atoms with van der Waals surface area (Å²) < 4.78 is 10.3. The van der Waals surface area contributed by atoms with Gasteiger partial charge in [0.2, 0.25) is 0 Å². The minimum absolute atomic E-state index is 0.0515. The SMILES string of the molecule is O=C(CC1CCc2cc(NC(=O)c3ccc(/C=N/N4CCOCC4)cc3)ccc2C1)OCCO. The molecule has 1 heterocycles. The number of morpholine rings is 1. The average molecular weight is 466 g/mol. The first-order valence-electron chi connectivity index (χ1n) is 11.8. The molecule has 0 saturated carbocycles. The second-order valence-electron chi connectivity index (χ2n) is 8.63. The molecule has 2 N–H and O–H groups in total. The summed E-state index contributed by atoms with van der Waals surface area (Å²) in [5, 5.41) is 18.2. The van der Waals surface area contributed by atoms with Gasteiger partial charge >= 0.3 is 5.97 Å². The minimum Gasteiger partial charge on any atom is -0.463 e. The lowest BCUT2D eigenvalue weighted by molar-refractivity contribution is -0.145. The Bertz CT molecular complexity index is 1020. The molecule has 1 unspecified atom stereocenters. The van der Waals surface area contributed by atoms with Crippen molar-refractivity contribution in [2.45, 2.75) is 25.7 Å². The Labute approximate surface area is 199 Å². The van der Waals surface area contributed by atoms with E-state index in [9.17, 15) is 9.59 Å². The number of nitrogens with zero attached hydrogens (tertiary/aromatic N) is 2. The molecular formula is C26H31N3O5. The molecule has 2 aromatic carbocycles. The molecule has 1 aliphatic carbocycles. The molecule has 0 spiro atoms. The molecule has 180 valence electrons. The molecule has 1 aliphatic heterocycles. The number of aryl methyl sites for hydroxylation is 1. The van der Waals surface area contributed by atoms with Crippen LogP contribution in [0, 0.1) is 5.92 Å². The number of esters is 1. The molecule has 2 aromatic rings. The van der Waals surface area contributed by atoms with E-state index < -0.39 is 0 Å². The van der Waals surface area contributed by atoms with Gasteiger partial charge in [0.15, 0.2) is 0 Å². The van der Waals surface area contributed by atoms with Crippen molar-refractivity contribution in [2.75, 3.05) is 44.8 Å². The summed E-state index contributed by atoms with van der Waals surface area (Å²) in [7, 11) is 0. The number of ether oxygens (including phenoxy) is 2. The second kappa shape index (κ2) is 11.8. The monoisotopic (exact) mass is 465 g/mol. The highest BCUT2D eigenvalue weighted by atomic mass is 16.5. The first-order valence-corrected chi connectivity index (χ1v) is 11.8. The van der Waals surface area contributed by atoms with E-state index in [4.69, 9.17) is 14.6 Å². The van der Waals surface area contributed by atoms with Crippen LogP contribution in [0.3, 0.4) is 0 Å². The Morgan fingerprint density at radius 3 is 2.71 bits per heavy atom. The molecule has 0 radical (unpaired) electrons. The van der Waals surface area contributed by atoms with E-state index in [0.717, 1.165) is 43.6 Å². The molecule has 1 atom stereocenters. The number of aliphatic hydroxyl groups excluding tert-OH is 1. The highest BCUT2D eigenvalue weighted by molar-refractivity contribution is 6.04. The van der Waals surface area contributed by atoms with E-state index in [1.807, 2.05) is 35.3 Å². The lowest BCUT2D eigenvalue weighted by Gasteiger charge is -2.24. The van der Waals surface area contributed by atoms with E-state index in [1.165, 1.54) is 11.1 Å². The summed E-state index contributed by atoms with van der Waals surface area (Å²) in [5.41, 5.74) is 4.69. The molecule has 8 nitrogen and oxygen atoms in total. The highest BCUT2D eigenvalue weighted by Gasteiger charge is 2.22. The molecular weight excluding hydrogens is 434 g/mol. The van der Waals surface area contributed by atoms with Gasteiger partial charge in [-0.1, -0.05) is 18.2 Å². The van der Waals surface area contributed by atoms with Crippen molar-refractivity contribution in [1.82, 2.24) is 5.01 Å². The zero-order valence-corrected chi connectivity index (χ0v) is 19.2. The Hall–Kier alpha value is -3.23. The average Bonchev–Trinajstić information content (AvgIpc) is 2.87. The lowest BCUT2D eigenvalue weighted by Crippen LogP contribution is -2.32. The maximum absolute atomic E-state index is 12.7. The Balaban J connectivity index is 1.30. The predicted octanol–water partition coefficient (Wildman–Crippen LogP) is 2.64. The fourth-order valence-electron chi connectivity index (χ4n) is 4.28. The number of carbonyl (C=O) groups excluding carboxylic acids is 2. The van der Waals surface area contributed by atoms with Gasteiger partial charge in [0.1, 0.15) is 6.61 Å². The maximum Gasteiger partial charge on any atom is 0.306 e. The number of anilines is 1. The maximum atomic E-state index is 12.7. The Morgan fingerprint density at radius 2 is 1.94 bits per heavy atom. The summed E-state index contributed by atoms with van der Waals surface area (Å²) in [5.74, 6) is -0.175. The third-order valence-corrected chi connectivity index (χ3v) is 6.13. The summed E-state index contributed by atoms with van der Waals surface area (Å²) in [6.07, 6.45) is 4.73. The number of nitrogens with one attached hydrogen (secondary N) is 1. The molecule has 8 heteroatoms. The topological polar surface area (TPSA) is 100 Å². The van der Waals surface area contributed by atoms with Gasteiger partial charge in [0.25, 0.3) is 5.91 Å². The van der Waals surface area contributed by atoms with Gasteiger partial charge in [0, 0.05) is 17.7 Å². The zero-order chi connectivity index (χ0) is 23.8. The van der Waals surface area contributed by atoms with Crippen LogP contribution in [0.5, 0.6) is 0 Å². The summed E-state index contributed by atoms with van der Waals surface area (Å²) in [4.78, 5) is 24.5. The summed E-state index contributed by atoms with van der Waals surface area (Å²) in [6, 6.07) is 13.3. The molecule has 1 saturated heterocycles. The number of hydrogen-bond acceptors (Lipinski definition) is 7. The first-order chi connectivity index (χ1) is 16.6. The lowest BCUT2D eigenvalue weighted by atomic mass is 9.82. The Morgan fingerprint density at radius 1 is 1.15 bits per heavy atom. The minimum atomic E-state index is -0.259. The molecule has 34 heavy (non-hydrogen) atoms. The molecule has 2 aliphatic rings. The smallest absolute Gasteiger partial charge is 0.306 e. The van der Waals surface area contributed by atoms with Gasteiger partial charge in [-0.05, 0) is 66.1 Å². The van der Waals surface area contributed by atoms with E-state index in [1.54, 1.807) is 18.3 Å². The van der Waals surface area contributed by atoms with Gasteiger partial charge in [0.05, 0.1) is 39.1 Å². The summed E-state index contributed by atoms with van der Waals surface area (Å²) >= 11 is 0. The van der Waals surface area contributed by atoms with Crippen molar-refractivity contribution >= 4 is 23.8 Å². The molecule has 4 rings (SSSR count). The largest absolute Gasteiger partial charge is 0.463 e. The summed E-state index contributed by atoms with van der Waals surface area (Å²) in [6.45, 7) is 2.86. The molecule has 0 bridgehead atoms. The number of amides is 1. The second-order valence-corrected chi connectivity index (χ2v) is 8.63. The predicted molar refractivity (Wildman–Crippen MR) is 129 cm³/mol. The van der Waals surface area contributed by atoms with E-state index in [-0.39, 0.29) is 31.0 Å². The van der Waals surface area contributed by atoms with Crippen LogP contribution in [0.2, 0.25) is 0 Å². The highest BCUT2D eigenvalue weighted by Crippen LogP contribution is 2.30. The van der Waals surface area contributed by atoms with Crippen LogP contribution in [0.4, 0.5) is 5.69 Å². The van der Waals surface area contributed by atoms with Crippen LogP contribution in [0.25, 0.3) is 0 Å². The number of hydrazone groups is 1. The number of aliphatic hydroxyl groups is 1. The standard InChI is InChI=1S/C26H31N3O5/c30-11-14-34-25(31)16-20-3-6-23-17-24(8-7-22(23)15-20)28-26(32)21-4-1-19(2-5-21)18-27-29-9-12-33-13-10-29/h1-2,4-5,7-8,17-18,20,30H,3,6,9-16H2,(H,28,32)/b27-18+. The van der Waals surface area contributed by atoms with E-state index >= 15 is 0 Å². The quantitative estimate of drug-likeness (QED) is 0.459. The van der Waals surface area contributed by atoms with Crippen LogP contribution in [0.1, 0.15) is 39.9 Å². The van der Waals surface area contributed by atoms with Crippen molar-refractivity contribution in [3.05, 3.63) is 64.7 Å². The van der Waals surface area contributed by atoms with Gasteiger partial charge in [-0.3, -0.25) is 14.6 Å². The van der Waals surface area contributed by atoms with Crippen LogP contribution in [-0.4, -0.2) is 67.7 Å². The number of benzene rings is 2. The number of hydrogen-bond donors (Lipinski definition) is 2. The third kappa shape index (κ3) is 6.65. The van der Waals surface area contributed by atoms with Crippen molar-refractivity contribution in [3.8, 4) is 0 Å². The third-order valence-electron chi connectivity index (χ3n) is 6.13. The molecule has 1 amide bonds. The molecule has 0 aromatic heterocycles. The molecule has 1 fully saturated rings. The van der Waals surface area contributed by atoms with Crippen molar-refractivity contribution < 1.29 is 24.2 Å². The zero-order valence-electron chi connectivity index (χ0n) is 19.2. The van der Waals surface area contributed by atoms with Crippen molar-refractivity contribution in [2.24, 2.45) is 11.0 Å². The Kier molecular flexibility index (Phi) is 8.27. The van der Waals surface area contributed by atoms with Gasteiger partial charge in [-0.25, -0.2) is 0 Å². The van der Waals surface area contributed by atoms with E-state index in [0.29, 0.717) is 25.2 Å². The number of rotatable bonds is 8. The fourth-order valence-corrected chi connectivity index (χ4v) is 4.28. The van der Waals surface area contributed by atoms with Crippen LogP contribution in [-0.2, 0) is 27.1 Å². The first kappa shape index (κ1) is 23.9. The van der Waals surface area contributed by atoms with Gasteiger partial charge in [-0.2, -0.15) is 5.10 Å². The van der Waals surface area contributed by atoms with E-state index in [2.05, 4.69) is 10.4 Å². The van der Waals surface area contributed by atoms with Crippen molar-refractivity contribution in [3.63, 3.8) is 0 Å². The number of carbonyl (C=O) groups is 2. The van der Waals surface area contributed by atoms with Crippen molar-refractivity contribution in [1.29, 1.82) is 0 Å². The number of fused-ring (bicyclic) bond motifs is 1. The van der Waals surface area contributed by atoms with Gasteiger partial charge in [-0.15, -0.1) is 0 Å². The fraction of sp³-hybridized carbons (Fsp3) is 0.423. The van der Waals surface area contributed by atoms with Crippen LogP contribution < -0.4 is 5.32 Å². The van der Waals surface area contributed by atoms with Crippen LogP contribution >= 0.6 is 0 Å². The van der Waals surface area contributed by atoms with Crippen LogP contribution in [0.15, 0.2) is 47.6 Å². The normalized spacial score (nSPS) is 17.9. The van der Waals surface area contributed by atoms with Gasteiger partial charge < -0.3 is 19.9 Å².